The van der Waals surface area contributed by atoms with Gasteiger partial charge in [0.1, 0.15) is 11.5 Å². The molecule has 0 amide bonds. The number of ether oxygens (including phenoxy) is 2. The van der Waals surface area contributed by atoms with Gasteiger partial charge in [-0.3, -0.25) is 0 Å². The monoisotopic (exact) mass is 328 g/mol. The molecule has 0 aliphatic heterocycles. The van der Waals surface area contributed by atoms with Gasteiger partial charge < -0.3 is 20.0 Å². The van der Waals surface area contributed by atoms with Crippen molar-refractivity contribution in [1.82, 2.24) is 0 Å². The lowest BCUT2D eigenvalue weighted by Crippen LogP contribution is -2.28. The minimum Gasteiger partial charge on any atom is -0.497 e. The Kier molecular flexibility index (Phi) is 6.19. The fraction of sp³-hybridized carbons (Fsp3) is 0.222. The first-order chi connectivity index (χ1) is 11.6. The molecular weight excluding hydrogens is 308 g/mol. The Morgan fingerprint density at radius 3 is 2.33 bits per heavy atom. The topological polar surface area (TPSA) is 83.1 Å². The van der Waals surface area contributed by atoms with Gasteiger partial charge in [0.2, 0.25) is 0 Å². The molecule has 126 valence electrons. The van der Waals surface area contributed by atoms with Gasteiger partial charge in [0.15, 0.2) is 11.9 Å². The Hall–Kier alpha value is -3.02. The normalized spacial score (nSPS) is 12.3. The van der Waals surface area contributed by atoms with E-state index in [-0.39, 0.29) is 5.84 Å². The van der Waals surface area contributed by atoms with Crippen LogP contribution in [-0.4, -0.2) is 25.0 Å². The van der Waals surface area contributed by atoms with Gasteiger partial charge in [-0.15, -0.1) is 0 Å². The fourth-order valence-corrected chi connectivity index (χ4v) is 1.93. The Morgan fingerprint density at radius 1 is 1.08 bits per heavy atom. The molecule has 0 unspecified atom stereocenters. The molecular formula is C18H20N2O4. The van der Waals surface area contributed by atoms with Crippen molar-refractivity contribution in [1.29, 1.82) is 0 Å². The predicted octanol–water partition coefficient (Wildman–Crippen LogP) is 2.72. The maximum absolute atomic E-state index is 12.1. The summed E-state index contributed by atoms with van der Waals surface area (Å²) in [7, 11) is 1.58. The second-order valence-corrected chi connectivity index (χ2v) is 4.94. The fourth-order valence-electron chi connectivity index (χ4n) is 1.93. The average Bonchev–Trinajstić information content (AvgIpc) is 2.64. The van der Waals surface area contributed by atoms with Gasteiger partial charge in [0, 0.05) is 5.56 Å². The van der Waals surface area contributed by atoms with Crippen LogP contribution in [-0.2, 0) is 9.63 Å². The van der Waals surface area contributed by atoms with E-state index in [4.69, 9.17) is 20.0 Å². The van der Waals surface area contributed by atoms with Crippen LogP contribution in [0.4, 0.5) is 0 Å². The first-order valence-corrected chi connectivity index (χ1v) is 7.54. The Labute approximate surface area is 140 Å². The summed E-state index contributed by atoms with van der Waals surface area (Å²) in [6.45, 7) is 1.82. The summed E-state index contributed by atoms with van der Waals surface area (Å²) in [6, 6.07) is 16.0. The molecule has 0 heterocycles. The van der Waals surface area contributed by atoms with E-state index in [1.807, 2.05) is 25.1 Å². The second-order valence-electron chi connectivity index (χ2n) is 4.94. The van der Waals surface area contributed by atoms with Crippen molar-refractivity contribution in [3.05, 3.63) is 60.2 Å². The summed E-state index contributed by atoms with van der Waals surface area (Å²) >= 11 is 0. The third-order valence-electron chi connectivity index (χ3n) is 3.27. The summed E-state index contributed by atoms with van der Waals surface area (Å²) in [6.07, 6.45) is -0.300. The lowest BCUT2D eigenvalue weighted by atomic mass is 10.2. The van der Waals surface area contributed by atoms with Crippen LogP contribution >= 0.6 is 0 Å². The van der Waals surface area contributed by atoms with E-state index in [1.165, 1.54) is 0 Å². The first kappa shape index (κ1) is 17.3. The zero-order valence-electron chi connectivity index (χ0n) is 13.6. The van der Waals surface area contributed by atoms with Crippen LogP contribution in [0.25, 0.3) is 0 Å². The number of benzene rings is 2. The number of hydrogen-bond donors (Lipinski definition) is 1. The lowest BCUT2D eigenvalue weighted by molar-refractivity contribution is -0.152. The van der Waals surface area contributed by atoms with Crippen LogP contribution in [0.3, 0.4) is 0 Å². The smallest absolute Gasteiger partial charge is 0.375 e. The summed E-state index contributed by atoms with van der Waals surface area (Å²) in [5, 5.41) is 3.68. The predicted molar refractivity (Wildman–Crippen MR) is 91.0 cm³/mol. The number of para-hydroxylation sites is 1. The number of methoxy groups -OCH3 is 1. The minimum atomic E-state index is -0.750. The van der Waals surface area contributed by atoms with E-state index in [9.17, 15) is 4.79 Å². The molecule has 2 N–H and O–H groups in total. The van der Waals surface area contributed by atoms with Crippen molar-refractivity contribution in [2.24, 2.45) is 10.9 Å². The summed E-state index contributed by atoms with van der Waals surface area (Å²) in [5.41, 5.74) is 6.45. The molecule has 2 aromatic rings. The lowest BCUT2D eigenvalue weighted by Gasteiger charge is -2.14. The van der Waals surface area contributed by atoms with Crippen molar-refractivity contribution in [2.45, 2.75) is 19.4 Å². The highest BCUT2D eigenvalue weighted by Gasteiger charge is 2.20. The zero-order chi connectivity index (χ0) is 17.4. The number of oxime groups is 1. The third kappa shape index (κ3) is 4.74. The van der Waals surface area contributed by atoms with Gasteiger partial charge in [-0.1, -0.05) is 30.3 Å². The second kappa shape index (κ2) is 8.57. The molecule has 24 heavy (non-hydrogen) atoms. The molecule has 1 atom stereocenters. The van der Waals surface area contributed by atoms with Crippen LogP contribution in [0, 0.1) is 0 Å². The van der Waals surface area contributed by atoms with E-state index >= 15 is 0 Å². The molecule has 0 spiro atoms. The van der Waals surface area contributed by atoms with Crippen LogP contribution in [0.5, 0.6) is 11.5 Å². The Bertz CT molecular complexity index is 684. The number of carbonyl (C=O) groups is 1. The number of hydrogen-bond acceptors (Lipinski definition) is 5. The molecule has 0 aliphatic carbocycles. The minimum absolute atomic E-state index is 0.0977. The van der Waals surface area contributed by atoms with Crippen LogP contribution in [0.1, 0.15) is 18.9 Å². The van der Waals surface area contributed by atoms with Crippen LogP contribution in [0.2, 0.25) is 0 Å². The largest absolute Gasteiger partial charge is 0.497 e. The molecule has 0 aromatic heterocycles. The van der Waals surface area contributed by atoms with Crippen LogP contribution < -0.4 is 15.2 Å². The third-order valence-corrected chi connectivity index (χ3v) is 3.27. The summed E-state index contributed by atoms with van der Waals surface area (Å²) < 4.78 is 10.7. The standard InChI is InChI=1S/C18H20N2O4/c1-3-16(23-15-7-5-4-6-8-15)18(21)24-20-17(19)13-9-11-14(22-2)12-10-13/h4-12,16H,3H2,1-2H3,(H2,19,20)/t16-/m1/s1. The number of rotatable bonds is 7. The number of nitrogens with zero attached hydrogens (tertiary/aromatic N) is 1. The highest BCUT2D eigenvalue weighted by molar-refractivity contribution is 5.97. The Balaban J connectivity index is 1.98. The van der Waals surface area contributed by atoms with E-state index in [0.717, 1.165) is 0 Å². The molecule has 0 saturated heterocycles. The first-order valence-electron chi connectivity index (χ1n) is 7.54. The van der Waals surface area contributed by atoms with Crippen molar-refractivity contribution >= 4 is 11.8 Å². The molecule has 2 rings (SSSR count). The molecule has 0 aliphatic rings. The van der Waals surface area contributed by atoms with Gasteiger partial charge >= 0.3 is 5.97 Å². The van der Waals surface area contributed by atoms with E-state index in [2.05, 4.69) is 5.16 Å². The summed E-state index contributed by atoms with van der Waals surface area (Å²) in [5.74, 6) is 0.789. The highest BCUT2D eigenvalue weighted by atomic mass is 16.7. The van der Waals surface area contributed by atoms with E-state index in [0.29, 0.717) is 23.5 Å². The maximum atomic E-state index is 12.1. The number of amidine groups is 1. The number of carbonyl (C=O) groups excluding carboxylic acids is 1. The van der Waals surface area contributed by atoms with E-state index < -0.39 is 12.1 Å². The molecule has 0 radical (unpaired) electrons. The van der Waals surface area contributed by atoms with E-state index in [1.54, 1.807) is 43.5 Å². The Morgan fingerprint density at radius 2 is 1.75 bits per heavy atom. The quantitative estimate of drug-likeness (QED) is 0.366. The highest BCUT2D eigenvalue weighted by Crippen LogP contribution is 2.14. The van der Waals surface area contributed by atoms with Gasteiger partial charge in [-0.25, -0.2) is 4.79 Å². The van der Waals surface area contributed by atoms with Gasteiger partial charge in [-0.2, -0.15) is 0 Å². The van der Waals surface area contributed by atoms with Crippen molar-refractivity contribution in [2.75, 3.05) is 7.11 Å². The molecule has 6 heteroatoms. The molecule has 6 nitrogen and oxygen atoms in total. The van der Waals surface area contributed by atoms with Gasteiger partial charge in [0.25, 0.3) is 0 Å². The van der Waals surface area contributed by atoms with Crippen molar-refractivity contribution in [3.63, 3.8) is 0 Å². The maximum Gasteiger partial charge on any atom is 0.375 e. The van der Waals surface area contributed by atoms with Crippen molar-refractivity contribution < 1.29 is 19.1 Å². The van der Waals surface area contributed by atoms with Crippen molar-refractivity contribution in [3.8, 4) is 11.5 Å². The average molecular weight is 328 g/mol. The molecule has 0 bridgehead atoms. The number of nitrogens with two attached hydrogens (primary N) is 1. The molecule has 0 fully saturated rings. The SMILES string of the molecule is CC[C@@H](Oc1ccccc1)C(=O)O/N=C(/N)c1ccc(OC)cc1. The van der Waals surface area contributed by atoms with Gasteiger partial charge in [0.05, 0.1) is 7.11 Å². The zero-order valence-corrected chi connectivity index (χ0v) is 13.6. The molecule has 2 aromatic carbocycles. The molecule has 0 saturated carbocycles. The van der Waals surface area contributed by atoms with Gasteiger partial charge in [-0.05, 0) is 42.8 Å². The summed E-state index contributed by atoms with van der Waals surface area (Å²) in [4.78, 5) is 17.0. The van der Waals surface area contributed by atoms with Crippen LogP contribution in [0.15, 0.2) is 59.8 Å².